The van der Waals surface area contributed by atoms with Crippen LogP contribution in [0.25, 0.3) is 39.5 Å². The Kier molecular flexibility index (Phi) is 13.6. The van der Waals surface area contributed by atoms with E-state index in [1.165, 1.54) is 0 Å². The van der Waals surface area contributed by atoms with Gasteiger partial charge in [-0.1, -0.05) is 18.2 Å². The fourth-order valence-electron chi connectivity index (χ4n) is 9.53. The van der Waals surface area contributed by atoms with E-state index >= 15 is 0 Å². The highest BCUT2D eigenvalue weighted by molar-refractivity contribution is 5.75. The van der Waals surface area contributed by atoms with Gasteiger partial charge in [-0.25, -0.2) is 19.4 Å². The van der Waals surface area contributed by atoms with Crippen molar-refractivity contribution in [3.63, 3.8) is 0 Å². The highest BCUT2D eigenvalue weighted by atomic mass is 16.6. The molecule has 0 radical (unpaired) electrons. The van der Waals surface area contributed by atoms with E-state index < -0.39 is 28.9 Å². The second-order valence-corrected chi connectivity index (χ2v) is 21.7. The topological polar surface area (TPSA) is 175 Å². The van der Waals surface area contributed by atoms with Crippen molar-refractivity contribution in [2.45, 2.75) is 103 Å². The van der Waals surface area contributed by atoms with E-state index in [0.29, 0.717) is 49.9 Å². The van der Waals surface area contributed by atoms with E-state index in [0.717, 1.165) is 56.5 Å². The Morgan fingerprint density at radius 1 is 0.562 bits per heavy atom. The molecule has 9 rings (SSSR count). The number of hydrogen-bond donors (Lipinski definition) is 0. The van der Waals surface area contributed by atoms with Crippen molar-refractivity contribution in [1.29, 1.82) is 0 Å². The number of methoxy groups -OCH3 is 2. The summed E-state index contributed by atoms with van der Waals surface area (Å²) < 4.78 is 31.2. The first-order chi connectivity index (χ1) is 34.7. The molecule has 0 saturated carbocycles. The number of benzene rings is 3. The minimum absolute atomic E-state index is 0.0255. The van der Waals surface area contributed by atoms with Crippen molar-refractivity contribution < 1.29 is 42.6 Å². The molecule has 0 spiro atoms. The maximum Gasteiger partial charge on any atom is 0.410 e. The molecule has 3 aromatic carbocycles. The van der Waals surface area contributed by atoms with Crippen molar-refractivity contribution in [1.82, 2.24) is 39.6 Å². The normalized spacial score (nSPS) is 17.2. The zero-order chi connectivity index (χ0) is 52.0. The lowest BCUT2D eigenvalue weighted by Gasteiger charge is -2.48. The predicted molar refractivity (Wildman–Crippen MR) is 272 cm³/mol. The van der Waals surface area contributed by atoms with Crippen molar-refractivity contribution in [3.05, 3.63) is 127 Å². The van der Waals surface area contributed by atoms with Crippen LogP contribution in [0.2, 0.25) is 0 Å². The van der Waals surface area contributed by atoms with Gasteiger partial charge in [0.2, 0.25) is 11.4 Å². The fourth-order valence-corrected chi connectivity index (χ4v) is 9.53. The summed E-state index contributed by atoms with van der Waals surface area (Å²) in [6.45, 7) is 18.8. The fraction of sp³-hybridized carbons (Fsp3) is 0.411. The minimum atomic E-state index is -0.724. The van der Waals surface area contributed by atoms with Gasteiger partial charge in [0.1, 0.15) is 34.0 Å². The molecule has 3 aromatic heterocycles. The number of carbonyl (C=O) groups excluding carboxylic acids is 3. The van der Waals surface area contributed by atoms with Crippen LogP contribution in [0.3, 0.4) is 0 Å². The van der Waals surface area contributed by atoms with Gasteiger partial charge in [-0.2, -0.15) is 4.57 Å². The number of amides is 3. The number of likely N-dealkylation sites (tertiary alicyclic amines) is 3. The standard InChI is InChI=1S/C56H64N9O8/c1-54(2,3)71-51(66)62-29-37(30-62)46-45(58-21-22-59-46)35-13-12-14-39(27-35)64-26-25-61-48(50(64)38-31-63(32-38)52(67)72-55(4,5)6)41-20-17-36(28-43(41)70-11)49-42(33-65(49)53(68)73-56(7,8)9)47-44(57-23-24-60-47)34-15-18-40(69-10)19-16-34/h12-28,37-38,42,49H,29-33H2,1-11H3/q+1. The lowest BCUT2D eigenvalue weighted by molar-refractivity contribution is -0.606. The van der Waals surface area contributed by atoms with Crippen molar-refractivity contribution >= 4 is 18.3 Å². The molecule has 2 atom stereocenters. The summed E-state index contributed by atoms with van der Waals surface area (Å²) in [6, 6.07) is 21.3. The van der Waals surface area contributed by atoms with Crippen LogP contribution in [0.1, 0.15) is 109 Å². The maximum atomic E-state index is 14.0. The van der Waals surface area contributed by atoms with Crippen molar-refractivity contribution in [2.75, 3.05) is 46.9 Å². The average molecular weight is 991 g/mol. The van der Waals surface area contributed by atoms with Gasteiger partial charge in [0.05, 0.1) is 55.2 Å². The van der Waals surface area contributed by atoms with E-state index in [9.17, 15) is 14.4 Å². The minimum Gasteiger partial charge on any atom is -0.497 e. The summed E-state index contributed by atoms with van der Waals surface area (Å²) in [7, 11) is 3.25. The zero-order valence-corrected chi connectivity index (χ0v) is 43.5. The van der Waals surface area contributed by atoms with Crippen LogP contribution in [-0.4, -0.2) is 122 Å². The molecule has 3 aliphatic heterocycles. The molecule has 3 amide bonds. The third kappa shape index (κ3) is 10.8. The Morgan fingerprint density at radius 3 is 1.73 bits per heavy atom. The molecule has 380 valence electrons. The number of hydrogen-bond acceptors (Lipinski definition) is 13. The van der Waals surface area contributed by atoms with Gasteiger partial charge in [0.15, 0.2) is 6.20 Å². The highest BCUT2D eigenvalue weighted by Crippen LogP contribution is 2.49. The molecule has 0 N–H and O–H groups in total. The van der Waals surface area contributed by atoms with Crippen LogP contribution >= 0.6 is 0 Å². The summed E-state index contributed by atoms with van der Waals surface area (Å²) in [5, 5.41) is 0. The maximum absolute atomic E-state index is 14.0. The van der Waals surface area contributed by atoms with Gasteiger partial charge in [0.25, 0.3) is 0 Å². The van der Waals surface area contributed by atoms with E-state index in [1.54, 1.807) is 59.9 Å². The van der Waals surface area contributed by atoms with E-state index in [4.69, 9.17) is 48.6 Å². The molecular weight excluding hydrogens is 927 g/mol. The summed E-state index contributed by atoms with van der Waals surface area (Å²) in [4.78, 5) is 69.7. The summed E-state index contributed by atoms with van der Waals surface area (Å²) in [5.74, 6) is 0.836. The highest BCUT2D eigenvalue weighted by Gasteiger charge is 2.48. The second-order valence-electron chi connectivity index (χ2n) is 21.7. The Labute approximate surface area is 426 Å². The Hall–Kier alpha value is -7.69. The molecular formula is C56H64N9O8+. The number of ether oxygens (including phenoxy) is 5. The van der Waals surface area contributed by atoms with Gasteiger partial charge >= 0.3 is 18.3 Å². The monoisotopic (exact) mass is 990 g/mol. The molecule has 0 aliphatic carbocycles. The molecule has 6 heterocycles. The van der Waals surface area contributed by atoms with Gasteiger partial charge in [-0.15, -0.1) is 0 Å². The molecule has 17 heteroatoms. The molecule has 3 fully saturated rings. The average Bonchev–Trinajstić information content (AvgIpc) is 3.29. The number of carbonyl (C=O) groups is 3. The van der Waals surface area contributed by atoms with Crippen LogP contribution in [0, 0.1) is 0 Å². The molecule has 0 bridgehead atoms. The first kappa shape index (κ1) is 50.3. The lowest BCUT2D eigenvalue weighted by atomic mass is 9.79. The van der Waals surface area contributed by atoms with Crippen molar-refractivity contribution in [2.24, 2.45) is 0 Å². The lowest BCUT2D eigenvalue weighted by Crippen LogP contribution is -2.54. The SMILES string of the molecule is COc1ccc(-c2nccnc2C2CN(C(=O)OC(C)(C)C)C2c2ccc(-c3ncc[n+](-c4cccc(-c5nccnc5C5CN(C(=O)OC(C)(C)C)C5)c4)c3C3CN(C(=O)OC(C)(C)C)C3)c(OC)c2)cc1. The predicted octanol–water partition coefficient (Wildman–Crippen LogP) is 9.70. The number of aromatic nitrogens is 6. The molecule has 6 aromatic rings. The zero-order valence-electron chi connectivity index (χ0n) is 43.5. The molecule has 3 aliphatic rings. The first-order valence-corrected chi connectivity index (χ1v) is 24.6. The van der Waals surface area contributed by atoms with E-state index in [-0.39, 0.29) is 29.9 Å². The van der Waals surface area contributed by atoms with Gasteiger partial charge in [0, 0.05) is 98.2 Å². The molecule has 73 heavy (non-hydrogen) atoms. The van der Waals surface area contributed by atoms with Crippen molar-refractivity contribution in [3.8, 4) is 51.0 Å². The van der Waals surface area contributed by atoms with Crippen LogP contribution < -0.4 is 14.0 Å². The Morgan fingerprint density at radius 2 is 1.12 bits per heavy atom. The van der Waals surface area contributed by atoms with Gasteiger partial charge in [-0.05, 0) is 104 Å². The van der Waals surface area contributed by atoms with Crippen LogP contribution in [-0.2, 0) is 14.2 Å². The number of rotatable bonds is 10. The quantitative estimate of drug-likeness (QED) is 0.0938. The van der Waals surface area contributed by atoms with E-state index in [1.807, 2.05) is 129 Å². The Bertz CT molecular complexity index is 3030. The van der Waals surface area contributed by atoms with E-state index in [2.05, 4.69) is 10.6 Å². The third-order valence-corrected chi connectivity index (χ3v) is 12.9. The summed E-state index contributed by atoms with van der Waals surface area (Å²) >= 11 is 0. The van der Waals surface area contributed by atoms with Crippen LogP contribution in [0.4, 0.5) is 14.4 Å². The summed E-state index contributed by atoms with van der Waals surface area (Å²) in [5.41, 5.74) is 6.61. The molecule has 2 unspecified atom stereocenters. The van der Waals surface area contributed by atoms with Gasteiger partial charge in [-0.3, -0.25) is 24.8 Å². The number of nitrogens with zero attached hydrogens (tertiary/aromatic N) is 9. The third-order valence-electron chi connectivity index (χ3n) is 12.9. The van der Waals surface area contributed by atoms with Crippen LogP contribution in [0.15, 0.2) is 104 Å². The largest absolute Gasteiger partial charge is 0.497 e. The summed E-state index contributed by atoms with van der Waals surface area (Å²) in [6.07, 6.45) is 9.23. The Balaban J connectivity index is 1.10. The van der Waals surface area contributed by atoms with Gasteiger partial charge < -0.3 is 33.5 Å². The second kappa shape index (κ2) is 19.7. The first-order valence-electron chi connectivity index (χ1n) is 24.6. The molecule has 3 saturated heterocycles. The smallest absolute Gasteiger partial charge is 0.410 e. The molecule has 17 nitrogen and oxygen atoms in total. The van der Waals surface area contributed by atoms with Crippen LogP contribution in [0.5, 0.6) is 11.5 Å².